The largest absolute Gasteiger partial charge is 0.396 e. The Morgan fingerprint density at radius 3 is 2.88 bits per heavy atom. The van der Waals surface area contributed by atoms with Gasteiger partial charge in [0.15, 0.2) is 0 Å². The predicted molar refractivity (Wildman–Crippen MR) is 95.4 cm³/mol. The first kappa shape index (κ1) is 17.9. The Hall–Kier alpha value is -1.90. The average molecular weight is 361 g/mol. The Kier molecular flexibility index (Phi) is 5.72. The van der Waals surface area contributed by atoms with E-state index in [9.17, 15) is 9.90 Å². The summed E-state index contributed by atoms with van der Waals surface area (Å²) in [6, 6.07) is 6.13. The number of hydrogen-bond donors (Lipinski definition) is 1. The van der Waals surface area contributed by atoms with E-state index in [-0.39, 0.29) is 18.6 Å². The number of pyridine rings is 1. The van der Waals surface area contributed by atoms with Crippen LogP contribution >= 0.6 is 11.5 Å². The summed E-state index contributed by atoms with van der Waals surface area (Å²) < 4.78 is 3.86. The molecule has 2 aromatic heterocycles. The lowest BCUT2D eigenvalue weighted by Crippen LogP contribution is -2.54. The Balaban J connectivity index is 1.70. The molecule has 2 aromatic rings. The Bertz CT molecular complexity index is 735. The van der Waals surface area contributed by atoms with Crippen LogP contribution in [0.4, 0.5) is 0 Å². The van der Waals surface area contributed by atoms with Crippen molar-refractivity contribution in [3.63, 3.8) is 0 Å². The van der Waals surface area contributed by atoms with E-state index < -0.39 is 0 Å². The molecule has 3 heterocycles. The molecule has 3 rings (SSSR count). The standard InChI is InChI=1S/C17H23N5O2S/c1-12-4-3-5-14(18-12)10-21-7-8-22(11-15(21)6-9-23)17(24)16-13(2)19-20-25-16/h3-5,15,23H,6-11H2,1-2H3/t15-/m1/s1. The van der Waals surface area contributed by atoms with Crippen LogP contribution in [0.2, 0.25) is 0 Å². The van der Waals surface area contributed by atoms with Crippen LogP contribution in [-0.2, 0) is 6.54 Å². The second-order valence-corrected chi connectivity index (χ2v) is 7.10. The molecule has 1 atom stereocenters. The van der Waals surface area contributed by atoms with E-state index in [1.807, 2.05) is 36.9 Å². The smallest absolute Gasteiger partial charge is 0.267 e. The number of hydrogen-bond acceptors (Lipinski definition) is 7. The number of nitrogens with zero attached hydrogens (tertiary/aromatic N) is 5. The number of amides is 1. The predicted octanol–water partition coefficient (Wildman–Crippen LogP) is 1.26. The highest BCUT2D eigenvalue weighted by Crippen LogP contribution is 2.20. The second kappa shape index (κ2) is 7.99. The van der Waals surface area contributed by atoms with E-state index in [1.165, 1.54) is 0 Å². The van der Waals surface area contributed by atoms with Crippen LogP contribution in [-0.4, -0.2) is 67.7 Å². The molecule has 1 amide bonds. The molecule has 25 heavy (non-hydrogen) atoms. The second-order valence-electron chi connectivity index (χ2n) is 6.35. The molecule has 1 N–H and O–H groups in total. The molecule has 0 unspecified atom stereocenters. The number of piperazine rings is 1. The zero-order valence-electron chi connectivity index (χ0n) is 14.6. The first-order chi connectivity index (χ1) is 12.1. The number of carbonyl (C=O) groups excluding carboxylic acids is 1. The van der Waals surface area contributed by atoms with Gasteiger partial charge in [0.2, 0.25) is 0 Å². The van der Waals surface area contributed by atoms with Crippen LogP contribution in [0.25, 0.3) is 0 Å². The normalized spacial score (nSPS) is 18.5. The summed E-state index contributed by atoms with van der Waals surface area (Å²) in [6.07, 6.45) is 0.634. The molecule has 8 heteroatoms. The van der Waals surface area contributed by atoms with E-state index in [0.717, 1.165) is 36.0 Å². The topological polar surface area (TPSA) is 82.5 Å². The van der Waals surface area contributed by atoms with E-state index >= 15 is 0 Å². The van der Waals surface area contributed by atoms with Crippen molar-refractivity contribution in [2.24, 2.45) is 0 Å². The van der Waals surface area contributed by atoms with Gasteiger partial charge in [-0.3, -0.25) is 14.7 Å². The molecule has 7 nitrogen and oxygen atoms in total. The molecule has 0 spiro atoms. The van der Waals surface area contributed by atoms with Crippen molar-refractivity contribution in [2.45, 2.75) is 32.9 Å². The van der Waals surface area contributed by atoms with Crippen LogP contribution in [0.3, 0.4) is 0 Å². The minimum atomic E-state index is -0.0104. The van der Waals surface area contributed by atoms with Crippen molar-refractivity contribution in [3.05, 3.63) is 40.2 Å². The van der Waals surface area contributed by atoms with E-state index in [0.29, 0.717) is 30.1 Å². The Morgan fingerprint density at radius 2 is 2.20 bits per heavy atom. The summed E-state index contributed by atoms with van der Waals surface area (Å²) in [5.74, 6) is -0.0104. The Morgan fingerprint density at radius 1 is 1.36 bits per heavy atom. The van der Waals surface area contributed by atoms with Crippen molar-refractivity contribution in [1.29, 1.82) is 0 Å². The molecule has 134 valence electrons. The number of rotatable bonds is 5. The highest BCUT2D eigenvalue weighted by atomic mass is 32.1. The number of carbonyl (C=O) groups is 1. The van der Waals surface area contributed by atoms with Crippen LogP contribution in [0, 0.1) is 13.8 Å². The summed E-state index contributed by atoms with van der Waals surface area (Å²) in [6.45, 7) is 6.64. The van der Waals surface area contributed by atoms with Gasteiger partial charge in [0.1, 0.15) is 4.88 Å². The first-order valence-corrected chi connectivity index (χ1v) is 9.21. The zero-order valence-corrected chi connectivity index (χ0v) is 15.4. The van der Waals surface area contributed by atoms with Crippen LogP contribution < -0.4 is 0 Å². The van der Waals surface area contributed by atoms with E-state index in [4.69, 9.17) is 0 Å². The zero-order chi connectivity index (χ0) is 17.8. The lowest BCUT2D eigenvalue weighted by Gasteiger charge is -2.41. The van der Waals surface area contributed by atoms with Crippen LogP contribution in [0.15, 0.2) is 18.2 Å². The number of aliphatic hydroxyl groups is 1. The summed E-state index contributed by atoms with van der Waals surface area (Å²) in [5.41, 5.74) is 2.70. The quantitative estimate of drug-likeness (QED) is 0.863. The van der Waals surface area contributed by atoms with Gasteiger partial charge in [0, 0.05) is 44.5 Å². The fraction of sp³-hybridized carbons (Fsp3) is 0.529. The third-order valence-electron chi connectivity index (χ3n) is 4.51. The van der Waals surface area contributed by atoms with Gasteiger partial charge in [-0.1, -0.05) is 10.6 Å². The van der Waals surface area contributed by atoms with Crippen molar-refractivity contribution in [3.8, 4) is 0 Å². The minimum Gasteiger partial charge on any atom is -0.396 e. The van der Waals surface area contributed by atoms with Crippen molar-refractivity contribution in [2.75, 3.05) is 26.2 Å². The Labute approximate surface area is 151 Å². The van der Waals surface area contributed by atoms with Crippen molar-refractivity contribution >= 4 is 17.4 Å². The first-order valence-electron chi connectivity index (χ1n) is 8.44. The molecule has 0 radical (unpaired) electrons. The number of aliphatic hydroxyl groups excluding tert-OH is 1. The van der Waals surface area contributed by atoms with Gasteiger partial charge in [-0.2, -0.15) is 0 Å². The third-order valence-corrected chi connectivity index (χ3v) is 5.33. The molecule has 0 saturated carbocycles. The van der Waals surface area contributed by atoms with Gasteiger partial charge >= 0.3 is 0 Å². The molecule has 0 bridgehead atoms. The van der Waals surface area contributed by atoms with Crippen LogP contribution in [0.1, 0.15) is 33.2 Å². The third kappa shape index (κ3) is 4.20. The molecule has 1 aliphatic heterocycles. The molecular weight excluding hydrogens is 338 g/mol. The van der Waals surface area contributed by atoms with Gasteiger partial charge in [0.25, 0.3) is 5.91 Å². The number of aromatic nitrogens is 3. The van der Waals surface area contributed by atoms with Gasteiger partial charge in [-0.25, -0.2) is 0 Å². The van der Waals surface area contributed by atoms with Gasteiger partial charge in [-0.05, 0) is 43.9 Å². The highest BCUT2D eigenvalue weighted by Gasteiger charge is 2.31. The van der Waals surface area contributed by atoms with Crippen molar-refractivity contribution < 1.29 is 9.90 Å². The maximum Gasteiger partial charge on any atom is 0.267 e. The highest BCUT2D eigenvalue weighted by molar-refractivity contribution is 7.07. The monoisotopic (exact) mass is 361 g/mol. The molecular formula is C17H23N5O2S. The molecule has 0 aliphatic carbocycles. The lowest BCUT2D eigenvalue weighted by molar-refractivity contribution is 0.0394. The summed E-state index contributed by atoms with van der Waals surface area (Å²) in [7, 11) is 0. The molecule has 0 aromatic carbocycles. The van der Waals surface area contributed by atoms with E-state index in [2.05, 4.69) is 19.5 Å². The summed E-state index contributed by atoms with van der Waals surface area (Å²) in [5, 5.41) is 13.4. The van der Waals surface area contributed by atoms with E-state index in [1.54, 1.807) is 0 Å². The van der Waals surface area contributed by atoms with Gasteiger partial charge in [0.05, 0.1) is 11.4 Å². The maximum atomic E-state index is 12.7. The maximum absolute atomic E-state index is 12.7. The van der Waals surface area contributed by atoms with Gasteiger partial charge < -0.3 is 10.0 Å². The fourth-order valence-electron chi connectivity index (χ4n) is 3.18. The minimum absolute atomic E-state index is 0.0104. The van der Waals surface area contributed by atoms with Gasteiger partial charge in [-0.15, -0.1) is 5.10 Å². The van der Waals surface area contributed by atoms with Crippen LogP contribution in [0.5, 0.6) is 0 Å². The van der Waals surface area contributed by atoms with Crippen molar-refractivity contribution in [1.82, 2.24) is 24.4 Å². The fourth-order valence-corrected chi connectivity index (χ4v) is 3.80. The SMILES string of the molecule is Cc1cccc(CN2CCN(C(=O)c3snnc3C)C[C@H]2CCO)n1. The summed E-state index contributed by atoms with van der Waals surface area (Å²) >= 11 is 1.15. The average Bonchev–Trinajstić information content (AvgIpc) is 3.02. The summed E-state index contributed by atoms with van der Waals surface area (Å²) in [4.78, 5) is 22.0. The molecule has 1 aliphatic rings. The lowest BCUT2D eigenvalue weighted by atomic mass is 10.1. The molecule has 1 saturated heterocycles. The number of aryl methyl sites for hydroxylation is 2. The molecule has 1 fully saturated rings.